The number of urea groups is 1. The van der Waals surface area contributed by atoms with Gasteiger partial charge in [0, 0.05) is 18.7 Å². The van der Waals surface area contributed by atoms with Crippen molar-refractivity contribution in [3.8, 4) is 0 Å². The van der Waals surface area contributed by atoms with Crippen LogP contribution >= 0.6 is 0 Å². The van der Waals surface area contributed by atoms with Crippen molar-refractivity contribution in [1.82, 2.24) is 10.2 Å². The van der Waals surface area contributed by atoms with Gasteiger partial charge in [-0.2, -0.15) is 0 Å². The number of hydrogen-bond acceptors (Lipinski definition) is 2. The first-order valence-electron chi connectivity index (χ1n) is 8.20. The predicted molar refractivity (Wildman–Crippen MR) is 88.8 cm³/mol. The highest BCUT2D eigenvalue weighted by Gasteiger charge is 2.30. The van der Waals surface area contributed by atoms with Crippen molar-refractivity contribution in [2.75, 3.05) is 13.2 Å². The molecular weight excluding hydrogens is 276 g/mol. The number of aliphatic hydroxyl groups excluding tert-OH is 1. The van der Waals surface area contributed by atoms with Crippen molar-refractivity contribution in [3.05, 3.63) is 35.4 Å². The molecule has 0 heterocycles. The fraction of sp³-hybridized carbons (Fsp3) is 0.611. The van der Waals surface area contributed by atoms with Crippen molar-refractivity contribution >= 4 is 6.03 Å². The number of nitrogens with one attached hydrogen (secondary N) is 1. The summed E-state index contributed by atoms with van der Waals surface area (Å²) in [7, 11) is 0. The van der Waals surface area contributed by atoms with Gasteiger partial charge in [0.25, 0.3) is 0 Å². The van der Waals surface area contributed by atoms with Crippen LogP contribution in [0.15, 0.2) is 24.3 Å². The Labute approximate surface area is 133 Å². The molecular formula is C18H28N2O2. The van der Waals surface area contributed by atoms with E-state index in [0.29, 0.717) is 13.0 Å². The largest absolute Gasteiger partial charge is 0.396 e. The molecule has 0 saturated carbocycles. The molecule has 2 amide bonds. The second-order valence-corrected chi connectivity index (χ2v) is 7.06. The lowest BCUT2D eigenvalue weighted by Gasteiger charge is -2.37. The van der Waals surface area contributed by atoms with Gasteiger partial charge in [-0.25, -0.2) is 4.79 Å². The molecule has 2 N–H and O–H groups in total. The molecule has 122 valence electrons. The Bertz CT molecular complexity index is 508. The van der Waals surface area contributed by atoms with Gasteiger partial charge in [0.05, 0.1) is 6.04 Å². The number of aliphatic hydroxyl groups is 1. The minimum atomic E-state index is -0.261. The summed E-state index contributed by atoms with van der Waals surface area (Å²) in [5.74, 6) is 0. The van der Waals surface area contributed by atoms with Gasteiger partial charge in [-0.3, -0.25) is 0 Å². The Morgan fingerprint density at radius 1 is 1.36 bits per heavy atom. The lowest BCUT2D eigenvalue weighted by Crippen LogP contribution is -2.50. The Morgan fingerprint density at radius 3 is 2.77 bits per heavy atom. The number of benzene rings is 1. The van der Waals surface area contributed by atoms with E-state index < -0.39 is 0 Å². The third-order valence-corrected chi connectivity index (χ3v) is 4.01. The summed E-state index contributed by atoms with van der Waals surface area (Å²) in [6, 6.07) is 8.47. The number of fused-ring (bicyclic) bond motifs is 1. The smallest absolute Gasteiger partial charge is 0.318 e. The average Bonchev–Trinajstić information content (AvgIpc) is 2.46. The maximum absolute atomic E-state index is 12.7. The van der Waals surface area contributed by atoms with Gasteiger partial charge >= 0.3 is 6.03 Å². The Hall–Kier alpha value is -1.55. The van der Waals surface area contributed by atoms with Crippen molar-refractivity contribution in [2.24, 2.45) is 0 Å². The van der Waals surface area contributed by atoms with E-state index >= 15 is 0 Å². The van der Waals surface area contributed by atoms with Crippen molar-refractivity contribution < 1.29 is 9.90 Å². The molecule has 0 fully saturated rings. The molecule has 4 nitrogen and oxygen atoms in total. The summed E-state index contributed by atoms with van der Waals surface area (Å²) in [6.45, 7) is 6.66. The van der Waals surface area contributed by atoms with Crippen LogP contribution in [-0.2, 0) is 6.42 Å². The van der Waals surface area contributed by atoms with E-state index in [-0.39, 0.29) is 24.2 Å². The topological polar surface area (TPSA) is 52.6 Å². The fourth-order valence-electron chi connectivity index (χ4n) is 3.08. The minimum Gasteiger partial charge on any atom is -0.396 e. The van der Waals surface area contributed by atoms with E-state index in [1.807, 2.05) is 31.7 Å². The average molecular weight is 304 g/mol. The van der Waals surface area contributed by atoms with E-state index in [0.717, 1.165) is 19.3 Å². The quantitative estimate of drug-likeness (QED) is 0.897. The molecule has 0 aliphatic heterocycles. The normalized spacial score (nSPS) is 17.7. The van der Waals surface area contributed by atoms with Crippen molar-refractivity contribution in [3.63, 3.8) is 0 Å². The lowest BCUT2D eigenvalue weighted by atomic mass is 9.87. The first-order valence-corrected chi connectivity index (χ1v) is 8.20. The van der Waals surface area contributed by atoms with Gasteiger partial charge in [0.2, 0.25) is 0 Å². The van der Waals surface area contributed by atoms with Gasteiger partial charge in [0.15, 0.2) is 0 Å². The Kier molecular flexibility index (Phi) is 5.46. The fourth-order valence-corrected chi connectivity index (χ4v) is 3.08. The van der Waals surface area contributed by atoms with Crippen LogP contribution in [0.4, 0.5) is 4.79 Å². The predicted octanol–water partition coefficient (Wildman–Crippen LogP) is 3.26. The highest BCUT2D eigenvalue weighted by molar-refractivity contribution is 5.75. The van der Waals surface area contributed by atoms with E-state index in [4.69, 9.17) is 5.11 Å². The van der Waals surface area contributed by atoms with E-state index in [9.17, 15) is 4.79 Å². The minimum absolute atomic E-state index is 0.0392. The van der Waals surface area contributed by atoms with Gasteiger partial charge in [-0.1, -0.05) is 24.3 Å². The Balaban J connectivity index is 2.24. The molecule has 2 rings (SSSR count). The maximum atomic E-state index is 12.7. The van der Waals surface area contributed by atoms with Crippen molar-refractivity contribution in [2.45, 2.75) is 58.0 Å². The molecule has 1 aromatic carbocycles. The van der Waals surface area contributed by atoms with Crippen LogP contribution in [-0.4, -0.2) is 34.7 Å². The molecule has 1 unspecified atom stereocenters. The summed E-state index contributed by atoms with van der Waals surface area (Å²) >= 11 is 0. The summed E-state index contributed by atoms with van der Waals surface area (Å²) in [4.78, 5) is 14.6. The van der Waals surface area contributed by atoms with Crippen LogP contribution in [0.2, 0.25) is 0 Å². The summed E-state index contributed by atoms with van der Waals surface area (Å²) in [5.41, 5.74) is 2.34. The third-order valence-electron chi connectivity index (χ3n) is 4.01. The summed E-state index contributed by atoms with van der Waals surface area (Å²) in [6.07, 6.45) is 3.78. The standard InChI is InChI=1S/C18H28N2O2/c1-18(2,3)19-17(22)20(12-7-13-21)16-11-6-9-14-8-4-5-10-15(14)16/h4-5,8,10,16,21H,6-7,9,11-13H2,1-3H3,(H,19,22). The van der Waals surface area contributed by atoms with Crippen LogP contribution in [0.25, 0.3) is 0 Å². The number of carbonyl (C=O) groups is 1. The molecule has 1 aliphatic carbocycles. The van der Waals surface area contributed by atoms with Gasteiger partial charge in [-0.05, 0) is 57.6 Å². The second-order valence-electron chi connectivity index (χ2n) is 7.06. The van der Waals surface area contributed by atoms with E-state index in [1.54, 1.807) is 0 Å². The van der Waals surface area contributed by atoms with Crippen LogP contribution in [0.5, 0.6) is 0 Å². The number of aryl methyl sites for hydroxylation is 1. The second kappa shape index (κ2) is 7.14. The van der Waals surface area contributed by atoms with Crippen LogP contribution in [0.3, 0.4) is 0 Å². The first kappa shape index (κ1) is 16.8. The highest BCUT2D eigenvalue weighted by atomic mass is 16.3. The zero-order valence-electron chi connectivity index (χ0n) is 13.9. The Morgan fingerprint density at radius 2 is 2.09 bits per heavy atom. The summed E-state index contributed by atoms with van der Waals surface area (Å²) < 4.78 is 0. The monoisotopic (exact) mass is 304 g/mol. The molecule has 0 radical (unpaired) electrons. The van der Waals surface area contributed by atoms with Gasteiger partial charge < -0.3 is 15.3 Å². The molecule has 4 heteroatoms. The first-order chi connectivity index (χ1) is 10.4. The van der Waals surface area contributed by atoms with Gasteiger partial charge in [-0.15, -0.1) is 0 Å². The molecule has 1 atom stereocenters. The number of amides is 2. The van der Waals surface area contributed by atoms with E-state index in [1.165, 1.54) is 11.1 Å². The molecule has 22 heavy (non-hydrogen) atoms. The van der Waals surface area contributed by atoms with Crippen LogP contribution in [0, 0.1) is 0 Å². The number of rotatable bonds is 4. The molecule has 1 aromatic rings. The number of nitrogens with zero attached hydrogens (tertiary/aromatic N) is 1. The zero-order chi connectivity index (χ0) is 16.2. The molecule has 0 aromatic heterocycles. The van der Waals surface area contributed by atoms with Gasteiger partial charge in [0.1, 0.15) is 0 Å². The van der Waals surface area contributed by atoms with E-state index in [2.05, 4.69) is 23.5 Å². The lowest BCUT2D eigenvalue weighted by molar-refractivity contribution is 0.151. The van der Waals surface area contributed by atoms with Crippen LogP contribution in [0.1, 0.15) is 57.2 Å². The molecule has 0 spiro atoms. The third kappa shape index (κ3) is 4.23. The number of hydrogen-bond donors (Lipinski definition) is 2. The number of carbonyl (C=O) groups excluding carboxylic acids is 1. The molecule has 1 aliphatic rings. The summed E-state index contributed by atoms with van der Waals surface area (Å²) in [5, 5.41) is 12.2. The molecule has 0 saturated heterocycles. The van der Waals surface area contributed by atoms with Crippen LogP contribution < -0.4 is 5.32 Å². The molecule has 0 bridgehead atoms. The van der Waals surface area contributed by atoms with Crippen molar-refractivity contribution in [1.29, 1.82) is 0 Å². The SMILES string of the molecule is CC(C)(C)NC(=O)N(CCCO)C1CCCc2ccccc21. The maximum Gasteiger partial charge on any atom is 0.318 e. The highest BCUT2D eigenvalue weighted by Crippen LogP contribution is 2.34. The zero-order valence-corrected chi connectivity index (χ0v) is 13.9.